The van der Waals surface area contributed by atoms with Gasteiger partial charge in [-0.05, 0) is 47.4 Å². The van der Waals surface area contributed by atoms with E-state index in [1.807, 2.05) is 12.1 Å². The molecule has 178 valence electrons. The topological polar surface area (TPSA) is 109 Å². The fourth-order valence-corrected chi connectivity index (χ4v) is 3.51. The van der Waals surface area contributed by atoms with Crippen LogP contribution in [-0.2, 0) is 5.41 Å². The molecule has 9 heteroatoms. The van der Waals surface area contributed by atoms with Gasteiger partial charge in [-0.15, -0.1) is 0 Å². The van der Waals surface area contributed by atoms with Crippen LogP contribution in [0.5, 0.6) is 17.2 Å². The molecule has 0 aliphatic heterocycles. The average molecular weight is 494 g/mol. The van der Waals surface area contributed by atoms with Gasteiger partial charge in [0, 0.05) is 12.1 Å². The van der Waals surface area contributed by atoms with Gasteiger partial charge in [-0.1, -0.05) is 44.5 Å². The number of hydrogen-bond acceptors (Lipinski definition) is 7. The van der Waals surface area contributed by atoms with Gasteiger partial charge < -0.3 is 13.9 Å². The van der Waals surface area contributed by atoms with E-state index < -0.39 is 22.0 Å². The Morgan fingerprint density at radius 2 is 1.69 bits per heavy atom. The predicted molar refractivity (Wildman–Crippen MR) is 131 cm³/mol. The molecule has 4 aromatic rings. The van der Waals surface area contributed by atoms with Gasteiger partial charge in [0.05, 0.1) is 15.9 Å². The molecule has 4 rings (SSSR count). The lowest BCUT2D eigenvalue weighted by molar-refractivity contribution is -0.384. The lowest BCUT2D eigenvalue weighted by Gasteiger charge is -2.19. The van der Waals surface area contributed by atoms with Crippen LogP contribution in [0.25, 0.3) is 11.0 Å². The number of benzene rings is 3. The number of ether oxygens (including phenoxy) is 2. The summed E-state index contributed by atoms with van der Waals surface area (Å²) in [7, 11) is 0. The van der Waals surface area contributed by atoms with Crippen molar-refractivity contribution in [2.45, 2.75) is 26.2 Å². The Balaban J connectivity index is 1.55. The van der Waals surface area contributed by atoms with E-state index in [0.29, 0.717) is 5.75 Å². The summed E-state index contributed by atoms with van der Waals surface area (Å²) in [5, 5.41) is 11.2. The maximum absolute atomic E-state index is 12.9. The number of fused-ring (bicyclic) bond motifs is 1. The van der Waals surface area contributed by atoms with Crippen LogP contribution in [-0.4, -0.2) is 10.9 Å². The normalized spacial score (nSPS) is 11.3. The number of halogens is 1. The van der Waals surface area contributed by atoms with Crippen LogP contribution in [0.1, 0.15) is 36.7 Å². The van der Waals surface area contributed by atoms with E-state index in [2.05, 4.69) is 20.8 Å². The molecule has 0 saturated carbocycles. The first kappa shape index (κ1) is 24.0. The Bertz CT molecular complexity index is 1500. The predicted octanol–water partition coefficient (Wildman–Crippen LogP) is 6.66. The highest BCUT2D eigenvalue weighted by molar-refractivity contribution is 6.32. The van der Waals surface area contributed by atoms with E-state index in [4.69, 9.17) is 25.5 Å². The van der Waals surface area contributed by atoms with E-state index in [0.717, 1.165) is 11.6 Å². The minimum absolute atomic E-state index is 0.00997. The quantitative estimate of drug-likeness (QED) is 0.132. The van der Waals surface area contributed by atoms with Crippen LogP contribution in [0, 0.1) is 10.1 Å². The summed E-state index contributed by atoms with van der Waals surface area (Å²) < 4.78 is 16.6. The van der Waals surface area contributed by atoms with Crippen LogP contribution < -0.4 is 14.9 Å². The largest absolute Gasteiger partial charge is 0.460 e. The third-order valence-electron chi connectivity index (χ3n) is 5.25. The molecule has 0 atom stereocenters. The standard InChI is InChI=1S/C26H20ClNO7/c1-26(2,3)16-5-7-17(8-6-16)34-23-14-33-22-13-18(9-10-19(22)24(23)29)35-25(30)15-4-11-20(27)21(12-15)28(31)32/h4-14H,1-3H3. The zero-order valence-corrected chi connectivity index (χ0v) is 19.8. The van der Waals surface area contributed by atoms with Crippen molar-refractivity contribution >= 4 is 34.2 Å². The van der Waals surface area contributed by atoms with Crippen molar-refractivity contribution in [3.05, 3.63) is 103 Å². The van der Waals surface area contributed by atoms with Gasteiger partial charge >= 0.3 is 5.97 Å². The Morgan fingerprint density at radius 3 is 2.34 bits per heavy atom. The molecule has 0 spiro atoms. The van der Waals surface area contributed by atoms with Crippen molar-refractivity contribution in [3.8, 4) is 17.2 Å². The molecule has 0 amide bonds. The number of esters is 1. The number of hydrogen-bond donors (Lipinski definition) is 0. The van der Waals surface area contributed by atoms with Gasteiger partial charge in [-0.25, -0.2) is 4.79 Å². The molecule has 1 aromatic heterocycles. The monoisotopic (exact) mass is 493 g/mol. The first-order chi connectivity index (χ1) is 16.5. The van der Waals surface area contributed by atoms with E-state index in [-0.39, 0.29) is 38.5 Å². The smallest absolute Gasteiger partial charge is 0.343 e. The van der Waals surface area contributed by atoms with Crippen molar-refractivity contribution in [1.29, 1.82) is 0 Å². The number of nitro groups is 1. The van der Waals surface area contributed by atoms with Crippen LogP contribution in [0.2, 0.25) is 5.02 Å². The minimum Gasteiger partial charge on any atom is -0.460 e. The molecule has 0 bridgehead atoms. The van der Waals surface area contributed by atoms with Gasteiger partial charge in [0.15, 0.2) is 0 Å². The molecule has 0 saturated heterocycles. The van der Waals surface area contributed by atoms with Gasteiger partial charge in [0.25, 0.3) is 5.69 Å². The SMILES string of the molecule is CC(C)(C)c1ccc(Oc2coc3cc(OC(=O)c4ccc(Cl)c([N+](=O)[O-])c4)ccc3c2=O)cc1. The van der Waals surface area contributed by atoms with Crippen LogP contribution in [0.15, 0.2) is 76.1 Å². The molecular weight excluding hydrogens is 474 g/mol. The van der Waals surface area contributed by atoms with Crippen molar-refractivity contribution < 1.29 is 23.6 Å². The Labute approximate surface area is 204 Å². The second-order valence-electron chi connectivity index (χ2n) is 8.78. The first-order valence-electron chi connectivity index (χ1n) is 10.5. The average Bonchev–Trinajstić information content (AvgIpc) is 2.80. The fraction of sp³-hybridized carbons (Fsp3) is 0.154. The first-order valence-corrected chi connectivity index (χ1v) is 10.9. The number of nitro benzene ring substituents is 1. The Kier molecular flexibility index (Phi) is 6.32. The molecule has 0 radical (unpaired) electrons. The zero-order chi connectivity index (χ0) is 25.3. The number of carbonyl (C=O) groups excluding carboxylic acids is 1. The van der Waals surface area contributed by atoms with Crippen molar-refractivity contribution in [2.24, 2.45) is 0 Å². The van der Waals surface area contributed by atoms with Gasteiger partial charge in [-0.2, -0.15) is 0 Å². The number of nitrogens with zero attached hydrogens (tertiary/aromatic N) is 1. The van der Waals surface area contributed by atoms with Crippen molar-refractivity contribution in [2.75, 3.05) is 0 Å². The van der Waals surface area contributed by atoms with Crippen LogP contribution in [0.3, 0.4) is 0 Å². The van der Waals surface area contributed by atoms with E-state index in [1.165, 1.54) is 36.6 Å². The van der Waals surface area contributed by atoms with Gasteiger partial charge in [0.2, 0.25) is 11.2 Å². The lowest BCUT2D eigenvalue weighted by atomic mass is 9.87. The molecule has 3 aromatic carbocycles. The second-order valence-corrected chi connectivity index (χ2v) is 9.18. The molecule has 8 nitrogen and oxygen atoms in total. The highest BCUT2D eigenvalue weighted by Crippen LogP contribution is 2.29. The van der Waals surface area contributed by atoms with E-state index >= 15 is 0 Å². The van der Waals surface area contributed by atoms with Crippen molar-refractivity contribution in [3.63, 3.8) is 0 Å². The number of carbonyl (C=O) groups is 1. The minimum atomic E-state index is -0.829. The highest BCUT2D eigenvalue weighted by Gasteiger charge is 2.19. The summed E-state index contributed by atoms with van der Waals surface area (Å²) in [6.45, 7) is 6.31. The maximum atomic E-state index is 12.9. The summed E-state index contributed by atoms with van der Waals surface area (Å²) in [6, 6.07) is 15.3. The molecule has 0 unspecified atom stereocenters. The van der Waals surface area contributed by atoms with E-state index in [9.17, 15) is 19.7 Å². The molecule has 0 aliphatic rings. The molecule has 0 N–H and O–H groups in total. The van der Waals surface area contributed by atoms with Crippen LogP contribution >= 0.6 is 11.6 Å². The Hall–Kier alpha value is -4.17. The second kappa shape index (κ2) is 9.23. The molecular formula is C26H20ClNO7. The van der Waals surface area contributed by atoms with Crippen molar-refractivity contribution in [1.82, 2.24) is 0 Å². The molecule has 35 heavy (non-hydrogen) atoms. The Morgan fingerprint density at radius 1 is 1.00 bits per heavy atom. The van der Waals surface area contributed by atoms with E-state index in [1.54, 1.807) is 12.1 Å². The summed E-state index contributed by atoms with van der Waals surface area (Å²) in [4.78, 5) is 35.7. The van der Waals surface area contributed by atoms with Gasteiger partial charge in [0.1, 0.15) is 28.4 Å². The molecule has 0 aliphatic carbocycles. The summed E-state index contributed by atoms with van der Waals surface area (Å²) in [5.74, 6) is -0.230. The third-order valence-corrected chi connectivity index (χ3v) is 5.57. The molecule has 0 fully saturated rings. The summed E-state index contributed by atoms with van der Waals surface area (Å²) >= 11 is 5.78. The fourth-order valence-electron chi connectivity index (χ4n) is 3.32. The van der Waals surface area contributed by atoms with Gasteiger partial charge in [-0.3, -0.25) is 14.9 Å². The number of rotatable bonds is 5. The van der Waals surface area contributed by atoms with Crippen LogP contribution in [0.4, 0.5) is 5.69 Å². The zero-order valence-electron chi connectivity index (χ0n) is 19.0. The summed E-state index contributed by atoms with van der Waals surface area (Å²) in [5.41, 5.74) is 0.445. The summed E-state index contributed by atoms with van der Waals surface area (Å²) in [6.07, 6.45) is 1.19. The maximum Gasteiger partial charge on any atom is 0.343 e. The molecule has 1 heterocycles. The highest BCUT2D eigenvalue weighted by atomic mass is 35.5. The third kappa shape index (κ3) is 5.17. The lowest BCUT2D eigenvalue weighted by Crippen LogP contribution is -2.10.